The van der Waals surface area contributed by atoms with Crippen molar-refractivity contribution in [1.82, 2.24) is 3.89 Å². The van der Waals surface area contributed by atoms with Crippen molar-refractivity contribution in [1.29, 1.82) is 0 Å². The van der Waals surface area contributed by atoms with Crippen LogP contribution < -0.4 is 9.62 Å². The van der Waals surface area contributed by atoms with E-state index in [0.29, 0.717) is 13.1 Å². The van der Waals surface area contributed by atoms with Gasteiger partial charge in [-0.3, -0.25) is 0 Å². The van der Waals surface area contributed by atoms with Crippen molar-refractivity contribution < 1.29 is 8.42 Å². The molecule has 0 saturated heterocycles. The molecule has 1 heterocycles. The van der Waals surface area contributed by atoms with Crippen LogP contribution in [0.3, 0.4) is 0 Å². The molecule has 0 radical (unpaired) electrons. The van der Waals surface area contributed by atoms with E-state index in [9.17, 15) is 8.42 Å². The molecular weight excluding hydrogens is 296 g/mol. The van der Waals surface area contributed by atoms with Gasteiger partial charge in [-0.1, -0.05) is 31.6 Å². The van der Waals surface area contributed by atoms with E-state index in [0.717, 1.165) is 24.1 Å². The van der Waals surface area contributed by atoms with E-state index in [4.69, 9.17) is 5.73 Å². The summed E-state index contributed by atoms with van der Waals surface area (Å²) in [5.74, 6) is 0.0905. The highest BCUT2D eigenvalue weighted by molar-refractivity contribution is 7.91. The molecular formula is C17H25N2O2S+. The van der Waals surface area contributed by atoms with Gasteiger partial charge in [0.1, 0.15) is 12.7 Å². The number of nitrogens with zero attached hydrogens (tertiary/aromatic N) is 1. The number of rotatable bonds is 6. The predicted octanol–water partition coefficient (Wildman–Crippen LogP) is 2.71. The molecule has 1 aromatic rings. The molecule has 1 aliphatic heterocycles. The lowest BCUT2D eigenvalue weighted by molar-refractivity contribution is 0.511. The third-order valence-electron chi connectivity index (χ3n) is 4.07. The quantitative estimate of drug-likeness (QED) is 0.820. The van der Waals surface area contributed by atoms with E-state index in [-0.39, 0.29) is 9.64 Å². The van der Waals surface area contributed by atoms with Crippen LogP contribution >= 0.6 is 0 Å². The molecule has 1 atom stereocenters. The van der Waals surface area contributed by atoms with Crippen molar-refractivity contribution in [2.24, 2.45) is 5.73 Å². The van der Waals surface area contributed by atoms with Gasteiger partial charge >= 0.3 is 10.0 Å². The van der Waals surface area contributed by atoms with Gasteiger partial charge in [0.15, 0.2) is 5.69 Å². The van der Waals surface area contributed by atoms with E-state index in [1.165, 1.54) is 5.56 Å². The molecule has 0 bridgehead atoms. The molecule has 0 aliphatic carbocycles. The molecule has 2 rings (SSSR count). The Bertz CT molecular complexity index is 692. The molecule has 1 aliphatic rings. The van der Waals surface area contributed by atoms with Crippen LogP contribution in [0.15, 0.2) is 48.2 Å². The van der Waals surface area contributed by atoms with E-state index < -0.39 is 10.0 Å². The number of sulfonamides is 1. The SMILES string of the molecule is CCCc1cccc([N+]2(S(=O)(=O)CC)C=C(CN)C=CC2)c1. The van der Waals surface area contributed by atoms with Crippen LogP contribution in [-0.4, -0.2) is 27.3 Å². The summed E-state index contributed by atoms with van der Waals surface area (Å²) in [5, 5.41) is 0. The maximum atomic E-state index is 12.9. The topological polar surface area (TPSA) is 60.2 Å². The zero-order valence-electron chi connectivity index (χ0n) is 13.3. The zero-order chi connectivity index (χ0) is 16.2. The van der Waals surface area contributed by atoms with Crippen LogP contribution in [0.4, 0.5) is 5.69 Å². The average molecular weight is 321 g/mol. The summed E-state index contributed by atoms with van der Waals surface area (Å²) < 4.78 is 25.6. The van der Waals surface area contributed by atoms with Crippen molar-refractivity contribution in [2.45, 2.75) is 26.7 Å². The summed E-state index contributed by atoms with van der Waals surface area (Å²) in [6.07, 6.45) is 7.60. The first-order chi connectivity index (χ1) is 10.5. The Balaban J connectivity index is 2.63. The average Bonchev–Trinajstić information content (AvgIpc) is 2.55. The monoisotopic (exact) mass is 321 g/mol. The van der Waals surface area contributed by atoms with Crippen molar-refractivity contribution in [3.8, 4) is 0 Å². The minimum absolute atomic E-state index is 0.0905. The minimum atomic E-state index is -3.36. The second kappa shape index (κ2) is 6.77. The van der Waals surface area contributed by atoms with E-state index in [1.807, 2.05) is 30.4 Å². The van der Waals surface area contributed by atoms with Crippen LogP contribution in [0.5, 0.6) is 0 Å². The fourth-order valence-corrected chi connectivity index (χ4v) is 4.35. The van der Waals surface area contributed by atoms with Crippen LogP contribution in [0.1, 0.15) is 25.8 Å². The van der Waals surface area contributed by atoms with Crippen LogP contribution in [0.2, 0.25) is 0 Å². The number of hydrogen-bond donors (Lipinski definition) is 1. The Labute approximate surface area is 133 Å². The maximum Gasteiger partial charge on any atom is 0.306 e. The van der Waals surface area contributed by atoms with Crippen molar-refractivity contribution in [3.63, 3.8) is 0 Å². The second-order valence-electron chi connectivity index (χ2n) is 5.58. The Hall–Kier alpha value is -1.43. The zero-order valence-corrected chi connectivity index (χ0v) is 14.1. The fraction of sp³-hybridized carbons (Fsp3) is 0.412. The van der Waals surface area contributed by atoms with Gasteiger partial charge < -0.3 is 5.73 Å². The normalized spacial score (nSPS) is 21.7. The van der Waals surface area contributed by atoms with Crippen molar-refractivity contribution in [2.75, 3.05) is 18.8 Å². The molecule has 1 unspecified atom stereocenters. The lowest BCUT2D eigenvalue weighted by atomic mass is 10.1. The molecule has 0 amide bonds. The van der Waals surface area contributed by atoms with Crippen LogP contribution in [0.25, 0.3) is 0 Å². The third-order valence-corrected chi connectivity index (χ3v) is 6.25. The largest absolute Gasteiger partial charge is 0.326 e. The van der Waals surface area contributed by atoms with Gasteiger partial charge in [0.2, 0.25) is 0 Å². The highest BCUT2D eigenvalue weighted by atomic mass is 32.2. The predicted molar refractivity (Wildman–Crippen MR) is 92.8 cm³/mol. The van der Waals surface area contributed by atoms with Gasteiger partial charge in [-0.25, -0.2) is 0 Å². The smallest absolute Gasteiger partial charge is 0.306 e. The molecule has 0 spiro atoms. The van der Waals surface area contributed by atoms with Crippen molar-refractivity contribution >= 4 is 15.7 Å². The number of nitrogens with two attached hydrogens (primary N) is 1. The van der Waals surface area contributed by atoms with Gasteiger partial charge in [-0.05, 0) is 25.0 Å². The fourth-order valence-electron chi connectivity index (χ4n) is 2.85. The molecule has 5 heteroatoms. The molecule has 2 N–H and O–H groups in total. The van der Waals surface area contributed by atoms with Gasteiger partial charge in [-0.2, -0.15) is 12.3 Å². The first-order valence-corrected chi connectivity index (χ1v) is 9.38. The highest BCUT2D eigenvalue weighted by Crippen LogP contribution is 2.33. The summed E-state index contributed by atoms with van der Waals surface area (Å²) >= 11 is 0. The Morgan fingerprint density at radius 1 is 1.27 bits per heavy atom. The second-order valence-corrected chi connectivity index (χ2v) is 7.97. The first kappa shape index (κ1) is 16.9. The molecule has 1 aromatic carbocycles. The van der Waals surface area contributed by atoms with Crippen molar-refractivity contribution in [3.05, 3.63) is 53.8 Å². The highest BCUT2D eigenvalue weighted by Gasteiger charge is 2.42. The number of hydrogen-bond acceptors (Lipinski definition) is 3. The molecule has 4 nitrogen and oxygen atoms in total. The first-order valence-electron chi connectivity index (χ1n) is 7.77. The van der Waals surface area contributed by atoms with E-state index in [1.54, 1.807) is 13.1 Å². The van der Waals surface area contributed by atoms with Gasteiger partial charge in [0, 0.05) is 24.3 Å². The number of quaternary nitrogens is 1. The van der Waals surface area contributed by atoms with E-state index in [2.05, 4.69) is 13.0 Å². The summed E-state index contributed by atoms with van der Waals surface area (Å²) in [4.78, 5) is 0. The molecule has 120 valence electrons. The molecule has 0 saturated carbocycles. The lowest BCUT2D eigenvalue weighted by Gasteiger charge is -2.34. The summed E-state index contributed by atoms with van der Waals surface area (Å²) in [6.45, 7) is 4.56. The minimum Gasteiger partial charge on any atom is -0.326 e. The third kappa shape index (κ3) is 3.02. The van der Waals surface area contributed by atoms with Crippen LogP contribution in [-0.2, 0) is 16.4 Å². The molecule has 0 fully saturated rings. The summed E-state index contributed by atoms with van der Waals surface area (Å²) in [5.41, 5.74) is 8.55. The van der Waals surface area contributed by atoms with Gasteiger partial charge in [0.05, 0.1) is 5.75 Å². The lowest BCUT2D eigenvalue weighted by Crippen LogP contribution is -2.51. The van der Waals surface area contributed by atoms with Gasteiger partial charge in [-0.15, -0.1) is 0 Å². The van der Waals surface area contributed by atoms with Crippen LogP contribution in [0, 0.1) is 0 Å². The Morgan fingerprint density at radius 2 is 2.05 bits per heavy atom. The number of aryl methyl sites for hydroxylation is 1. The Kier molecular flexibility index (Phi) is 5.21. The van der Waals surface area contributed by atoms with E-state index >= 15 is 0 Å². The Morgan fingerprint density at radius 3 is 2.68 bits per heavy atom. The maximum absolute atomic E-state index is 12.9. The summed E-state index contributed by atoms with van der Waals surface area (Å²) in [7, 11) is -3.36. The summed E-state index contributed by atoms with van der Waals surface area (Å²) in [6, 6.07) is 7.91. The molecule has 22 heavy (non-hydrogen) atoms. The standard InChI is InChI=1S/C17H25N2O2S/c1-3-7-15-8-5-10-17(12-15)19(22(20,21)4-2)11-6-9-16(13-18)14-19/h5-6,8-10,12,14H,3-4,7,11,13,18H2,1-2H3/q+1. The number of benzene rings is 1. The van der Waals surface area contributed by atoms with Gasteiger partial charge in [0.25, 0.3) is 0 Å². The molecule has 0 aromatic heterocycles.